The maximum atomic E-state index is 5.70. The minimum absolute atomic E-state index is 0.170. The maximum absolute atomic E-state index is 5.70. The van der Waals surface area contributed by atoms with Gasteiger partial charge in [-0.3, -0.25) is 0 Å². The molecule has 0 aliphatic rings. The molecule has 0 aliphatic heterocycles. The van der Waals surface area contributed by atoms with Gasteiger partial charge >= 0.3 is 93.6 Å². The second kappa shape index (κ2) is 6.77. The summed E-state index contributed by atoms with van der Waals surface area (Å²) in [4.78, 5) is 0. The van der Waals surface area contributed by atoms with Gasteiger partial charge in [-0.15, -0.1) is 0 Å². The maximum Gasteiger partial charge on any atom is 0.0675 e. The first-order valence-electron chi connectivity index (χ1n) is 6.01. The van der Waals surface area contributed by atoms with Gasteiger partial charge in [-0.2, -0.15) is 0 Å². The van der Waals surface area contributed by atoms with E-state index in [1.165, 1.54) is 5.30 Å². The van der Waals surface area contributed by atoms with Crippen molar-refractivity contribution in [1.29, 1.82) is 0 Å². The van der Waals surface area contributed by atoms with Gasteiger partial charge in [0.05, 0.1) is 28.2 Å². The third-order valence-electron chi connectivity index (χ3n) is 1.98. The van der Waals surface area contributed by atoms with Gasteiger partial charge in [-0.05, 0) is 0 Å². The van der Waals surface area contributed by atoms with E-state index in [2.05, 4.69) is 88.3 Å². The second-order valence-electron chi connectivity index (χ2n) is 6.74. The summed E-state index contributed by atoms with van der Waals surface area (Å²) in [7, 11) is 8.50. The van der Waals surface area contributed by atoms with E-state index in [-0.39, 0.29) is 5.16 Å². The van der Waals surface area contributed by atoms with Crippen LogP contribution in [0.5, 0.6) is 0 Å². The molecule has 1 nitrogen and oxygen atoms in total. The fraction of sp³-hybridized carbons (Fsp3) is 0.571. The van der Waals surface area contributed by atoms with Crippen molar-refractivity contribution in [2.24, 2.45) is 0 Å². The molecule has 4 heteroatoms. The van der Waals surface area contributed by atoms with Crippen LogP contribution in [0.25, 0.3) is 0 Å². The monoisotopic (exact) mass is 351 g/mol. The van der Waals surface area contributed by atoms with Gasteiger partial charge in [0.2, 0.25) is 0 Å². The molecule has 104 valence electrons. The van der Waals surface area contributed by atoms with Crippen molar-refractivity contribution in [2.75, 3.05) is 28.2 Å². The van der Waals surface area contributed by atoms with Crippen LogP contribution in [0.2, 0.25) is 0 Å². The number of quaternary nitrogens is 1. The van der Waals surface area contributed by atoms with Gasteiger partial charge in [0.1, 0.15) is 0 Å². The fourth-order valence-electron chi connectivity index (χ4n) is 1.01. The molecular formula is C14H26NPSSe. The Morgan fingerprint density at radius 2 is 1.33 bits per heavy atom. The molecule has 0 heterocycles. The molecule has 18 heavy (non-hydrogen) atoms. The molecule has 0 amide bonds. The predicted molar refractivity (Wildman–Crippen MR) is 89.8 cm³/mol. The molecule has 0 saturated carbocycles. The van der Waals surface area contributed by atoms with Gasteiger partial charge in [-0.25, -0.2) is 0 Å². The Morgan fingerprint density at radius 3 is 1.61 bits per heavy atom. The Bertz CT molecular complexity index is 398. The third kappa shape index (κ3) is 7.16. The molecule has 0 fully saturated rings. The van der Waals surface area contributed by atoms with E-state index in [1.54, 1.807) is 0 Å². The quantitative estimate of drug-likeness (QED) is 0.325. The summed E-state index contributed by atoms with van der Waals surface area (Å²) in [5.41, 5.74) is 0. The van der Waals surface area contributed by atoms with E-state index in [0.29, 0.717) is 0 Å². The Labute approximate surface area is 126 Å². The van der Waals surface area contributed by atoms with Crippen LogP contribution < -0.4 is 5.30 Å². The second-order valence-corrected chi connectivity index (χ2v) is 16.4. The zero-order valence-electron chi connectivity index (χ0n) is 12.6. The molecule has 0 aromatic heterocycles. The Morgan fingerprint density at radius 1 is 1.00 bits per heavy atom. The normalized spacial score (nSPS) is 15.3. The average molecular weight is 350 g/mol. The van der Waals surface area contributed by atoms with Crippen molar-refractivity contribution in [3.8, 4) is 0 Å². The molecule has 1 aromatic rings. The van der Waals surface area contributed by atoms with Gasteiger partial charge in [0.25, 0.3) is 0 Å². The van der Waals surface area contributed by atoms with Crippen LogP contribution in [0.15, 0.2) is 30.3 Å². The summed E-state index contributed by atoms with van der Waals surface area (Å²) >= 11 is 8.94. The van der Waals surface area contributed by atoms with Crippen LogP contribution >= 0.6 is 4.71 Å². The summed E-state index contributed by atoms with van der Waals surface area (Å²) < 4.78 is -0.520. The van der Waals surface area contributed by atoms with Crippen LogP contribution in [0.3, 0.4) is 0 Å². The number of hydrogen-bond donors (Lipinski definition) is 0. The summed E-state index contributed by atoms with van der Waals surface area (Å²) in [6.07, 6.45) is 0. The number of rotatable bonds is 1. The molecule has 1 aromatic carbocycles. The van der Waals surface area contributed by atoms with Crippen molar-refractivity contribution < 1.29 is 4.48 Å². The van der Waals surface area contributed by atoms with Crippen molar-refractivity contribution >= 4 is 37.4 Å². The average Bonchev–Trinajstić information content (AvgIpc) is 2.14. The SMILES string of the molecule is CC(C)(C)P([S-])(=[Se])c1ccccc1.C[N+](C)(C)C. The van der Waals surface area contributed by atoms with Crippen molar-refractivity contribution in [1.82, 2.24) is 0 Å². The standard InChI is InChI=1S/C10H15PSSe.C4H12N/c1-10(2,3)11(12,13)9-7-5-4-6-8-9;1-5(2,3)4/h4-8H,1-3H3,(H,12,13);1-4H3/q;+1/p-1. The molecule has 0 saturated heterocycles. The van der Waals surface area contributed by atoms with Crippen LogP contribution in [0.1, 0.15) is 20.8 Å². The minimum atomic E-state index is -1.52. The van der Waals surface area contributed by atoms with Crippen molar-refractivity contribution in [3.05, 3.63) is 30.3 Å². The molecule has 0 N–H and O–H groups in total. The first-order valence-corrected chi connectivity index (χ1v) is 11.0. The Kier molecular flexibility index (Phi) is 6.95. The molecule has 0 spiro atoms. The number of benzene rings is 1. The number of hydrogen-bond acceptors (Lipinski definition) is 1. The van der Waals surface area contributed by atoms with Crippen LogP contribution in [0.4, 0.5) is 0 Å². The Balaban J connectivity index is 0.000000494. The summed E-state index contributed by atoms with van der Waals surface area (Å²) in [5, 5.41) is 1.46. The first kappa shape index (κ1) is 18.5. The van der Waals surface area contributed by atoms with E-state index >= 15 is 0 Å². The zero-order chi connectivity index (χ0) is 14.6. The first-order chi connectivity index (χ1) is 7.86. The molecule has 0 bridgehead atoms. The van der Waals surface area contributed by atoms with E-state index in [0.717, 1.165) is 4.48 Å². The Hall–Kier alpha value is 0.479. The van der Waals surface area contributed by atoms with Gasteiger partial charge in [-0.1, -0.05) is 0 Å². The fourth-order valence-corrected chi connectivity index (χ4v) is 3.48. The predicted octanol–water partition coefficient (Wildman–Crippen LogP) is 3.00. The largest absolute Gasteiger partial charge is 0.333 e. The summed E-state index contributed by atoms with van der Waals surface area (Å²) in [5.74, 6) is 0. The van der Waals surface area contributed by atoms with Crippen molar-refractivity contribution in [2.45, 2.75) is 25.9 Å². The van der Waals surface area contributed by atoms with E-state index in [4.69, 9.17) is 12.2 Å². The summed E-state index contributed by atoms with van der Waals surface area (Å²) in [6.45, 7) is 6.62. The van der Waals surface area contributed by atoms with Crippen LogP contribution in [-0.4, -0.2) is 52.9 Å². The third-order valence-corrected chi connectivity index (χ3v) is 11.8. The van der Waals surface area contributed by atoms with E-state index in [1.807, 2.05) is 6.07 Å². The smallest absolute Gasteiger partial charge is 0.0675 e. The molecule has 0 radical (unpaired) electrons. The molecule has 0 aliphatic carbocycles. The molecule has 1 atom stereocenters. The molecule has 1 rings (SSSR count). The summed E-state index contributed by atoms with van der Waals surface area (Å²) in [6, 6.07) is 10.4. The molecule has 1 unspecified atom stereocenters. The van der Waals surface area contributed by atoms with E-state index in [9.17, 15) is 0 Å². The van der Waals surface area contributed by atoms with Gasteiger partial charge in [0.15, 0.2) is 0 Å². The van der Waals surface area contributed by atoms with Gasteiger partial charge in [0, 0.05) is 0 Å². The van der Waals surface area contributed by atoms with Gasteiger partial charge < -0.3 is 4.48 Å². The topological polar surface area (TPSA) is 0 Å². The zero-order valence-corrected chi connectivity index (χ0v) is 16.0. The van der Waals surface area contributed by atoms with Crippen LogP contribution in [-0.2, 0) is 12.2 Å². The number of nitrogens with zero attached hydrogens (tertiary/aromatic N) is 1. The van der Waals surface area contributed by atoms with Crippen LogP contribution in [0, 0.1) is 0 Å². The van der Waals surface area contributed by atoms with E-state index < -0.39 is 4.71 Å². The minimum Gasteiger partial charge on any atom is -0.333 e. The molecular weight excluding hydrogens is 324 g/mol. The van der Waals surface area contributed by atoms with Crippen molar-refractivity contribution in [3.63, 3.8) is 0 Å².